The Morgan fingerprint density at radius 3 is 2.79 bits per heavy atom. The van der Waals surface area contributed by atoms with Crippen molar-refractivity contribution in [2.24, 2.45) is 0 Å². The Labute approximate surface area is 162 Å². The fourth-order valence-electron chi connectivity index (χ4n) is 2.61. The van der Waals surface area contributed by atoms with Crippen LogP contribution >= 0.6 is 0 Å². The molecular weight excluding hydrogens is 360 g/mol. The molecule has 3 aromatic rings. The third kappa shape index (κ3) is 5.37. The molecule has 1 heterocycles. The highest BCUT2D eigenvalue weighted by molar-refractivity contribution is 5.90. The highest BCUT2D eigenvalue weighted by atomic mass is 16.7. The predicted octanol–water partition coefficient (Wildman–Crippen LogP) is 4.31. The van der Waals surface area contributed by atoms with Gasteiger partial charge in [-0.15, -0.1) is 0 Å². The van der Waals surface area contributed by atoms with E-state index in [-0.39, 0.29) is 19.1 Å². The largest absolute Gasteiger partial charge is 0.508 e. The summed E-state index contributed by atoms with van der Waals surface area (Å²) < 4.78 is 21.5. The number of carbonyl (C=O) groups excluding carboxylic acids is 1. The molecule has 0 amide bonds. The number of phenolic OH excluding ortho intramolecular Hbond substituents is 1. The van der Waals surface area contributed by atoms with Gasteiger partial charge in [0.1, 0.15) is 17.1 Å². The number of furan rings is 1. The third-order valence-corrected chi connectivity index (χ3v) is 4.04. The molecule has 6 heteroatoms. The van der Waals surface area contributed by atoms with E-state index >= 15 is 0 Å². The van der Waals surface area contributed by atoms with Crippen molar-refractivity contribution >= 4 is 23.0 Å². The number of esters is 1. The highest BCUT2D eigenvalue weighted by Crippen LogP contribution is 2.29. The number of benzene rings is 2. The van der Waals surface area contributed by atoms with Crippen molar-refractivity contribution in [2.75, 3.05) is 20.0 Å². The van der Waals surface area contributed by atoms with E-state index in [0.717, 1.165) is 16.5 Å². The minimum absolute atomic E-state index is 0.142. The first-order valence-corrected chi connectivity index (χ1v) is 9.00. The van der Waals surface area contributed by atoms with E-state index in [1.54, 1.807) is 36.6 Å². The fourth-order valence-corrected chi connectivity index (χ4v) is 2.61. The van der Waals surface area contributed by atoms with Crippen LogP contribution in [0.15, 0.2) is 59.2 Å². The Kier molecular flexibility index (Phi) is 6.70. The summed E-state index contributed by atoms with van der Waals surface area (Å²) in [7, 11) is 0. The van der Waals surface area contributed by atoms with Gasteiger partial charge in [-0.3, -0.25) is 0 Å². The van der Waals surface area contributed by atoms with Gasteiger partial charge in [0.2, 0.25) is 0 Å². The third-order valence-electron chi connectivity index (χ3n) is 4.04. The zero-order valence-corrected chi connectivity index (χ0v) is 15.6. The number of hydrogen-bond donors (Lipinski definition) is 1. The molecule has 28 heavy (non-hydrogen) atoms. The van der Waals surface area contributed by atoms with E-state index in [1.165, 1.54) is 6.08 Å². The van der Waals surface area contributed by atoms with Gasteiger partial charge in [0.05, 0.1) is 18.3 Å². The summed E-state index contributed by atoms with van der Waals surface area (Å²) in [4.78, 5) is 11.9. The Morgan fingerprint density at radius 1 is 1.18 bits per heavy atom. The second-order valence-electron chi connectivity index (χ2n) is 6.02. The first kappa shape index (κ1) is 19.5. The summed E-state index contributed by atoms with van der Waals surface area (Å²) in [5.41, 5.74) is 2.40. The zero-order valence-electron chi connectivity index (χ0n) is 15.6. The van der Waals surface area contributed by atoms with Gasteiger partial charge in [-0.2, -0.15) is 0 Å². The quantitative estimate of drug-likeness (QED) is 0.257. The van der Waals surface area contributed by atoms with Crippen molar-refractivity contribution in [3.63, 3.8) is 0 Å². The number of aromatic hydroxyl groups is 1. The lowest BCUT2D eigenvalue weighted by Gasteiger charge is -2.08. The Hall–Kier alpha value is -3.25. The molecule has 0 fully saturated rings. The normalized spacial score (nSPS) is 11.2. The monoisotopic (exact) mass is 382 g/mol. The summed E-state index contributed by atoms with van der Waals surface area (Å²) in [6.45, 7) is 2.85. The van der Waals surface area contributed by atoms with Crippen LogP contribution in [0.3, 0.4) is 0 Å². The van der Waals surface area contributed by atoms with Crippen LogP contribution < -0.4 is 4.74 Å². The Morgan fingerprint density at radius 2 is 2.00 bits per heavy atom. The van der Waals surface area contributed by atoms with Crippen molar-refractivity contribution in [2.45, 2.75) is 13.3 Å². The molecule has 0 aliphatic heterocycles. The average Bonchev–Trinajstić information content (AvgIpc) is 3.17. The molecule has 0 bridgehead atoms. The van der Waals surface area contributed by atoms with Crippen molar-refractivity contribution < 1.29 is 28.5 Å². The second-order valence-corrected chi connectivity index (χ2v) is 6.02. The van der Waals surface area contributed by atoms with Crippen LogP contribution in [0.4, 0.5) is 0 Å². The molecular formula is C22H22O6. The molecule has 0 aliphatic rings. The molecule has 146 valence electrons. The van der Waals surface area contributed by atoms with Gasteiger partial charge in [0, 0.05) is 19.1 Å². The molecule has 0 spiro atoms. The average molecular weight is 382 g/mol. The first-order chi connectivity index (χ1) is 13.7. The maximum absolute atomic E-state index is 11.9. The van der Waals surface area contributed by atoms with Gasteiger partial charge in [0.15, 0.2) is 6.79 Å². The molecule has 0 radical (unpaired) electrons. The summed E-state index contributed by atoms with van der Waals surface area (Å²) in [5, 5.41) is 10.1. The van der Waals surface area contributed by atoms with E-state index in [0.29, 0.717) is 24.4 Å². The molecule has 1 N–H and O–H groups in total. The predicted molar refractivity (Wildman–Crippen MR) is 105 cm³/mol. The van der Waals surface area contributed by atoms with Gasteiger partial charge >= 0.3 is 5.97 Å². The lowest BCUT2D eigenvalue weighted by atomic mass is 10.1. The van der Waals surface area contributed by atoms with Crippen molar-refractivity contribution in [1.82, 2.24) is 0 Å². The summed E-state index contributed by atoms with van der Waals surface area (Å²) >= 11 is 0. The van der Waals surface area contributed by atoms with E-state index < -0.39 is 5.97 Å². The summed E-state index contributed by atoms with van der Waals surface area (Å²) in [6.07, 6.45) is 5.18. The zero-order chi connectivity index (χ0) is 19.8. The lowest BCUT2D eigenvalue weighted by Crippen LogP contribution is -2.04. The SMILES string of the molecule is CCOCOc1cc(/C=C/C(=O)OCCc2ccc(O)cc2)cc2occc12. The van der Waals surface area contributed by atoms with Crippen LogP contribution in [0.25, 0.3) is 17.0 Å². The second kappa shape index (κ2) is 9.62. The summed E-state index contributed by atoms with van der Waals surface area (Å²) in [5.74, 6) is 0.400. The maximum Gasteiger partial charge on any atom is 0.330 e. The van der Waals surface area contributed by atoms with Crippen molar-refractivity contribution in [1.29, 1.82) is 0 Å². The number of fused-ring (bicyclic) bond motifs is 1. The number of hydrogen-bond acceptors (Lipinski definition) is 6. The van der Waals surface area contributed by atoms with E-state index in [9.17, 15) is 9.90 Å². The Balaban J connectivity index is 1.58. The number of phenols is 1. The molecule has 2 aromatic carbocycles. The molecule has 1 aromatic heterocycles. The van der Waals surface area contributed by atoms with Crippen LogP contribution in [-0.2, 0) is 20.7 Å². The highest BCUT2D eigenvalue weighted by Gasteiger charge is 2.08. The molecule has 0 atom stereocenters. The maximum atomic E-state index is 11.9. The van der Waals surface area contributed by atoms with Gasteiger partial charge in [-0.25, -0.2) is 4.79 Å². The number of carbonyl (C=O) groups is 1. The summed E-state index contributed by atoms with van der Waals surface area (Å²) in [6, 6.07) is 12.3. The smallest absolute Gasteiger partial charge is 0.330 e. The molecule has 3 rings (SSSR count). The molecule has 0 unspecified atom stereocenters. The molecule has 0 saturated carbocycles. The molecule has 0 aliphatic carbocycles. The minimum atomic E-state index is -0.435. The fraction of sp³-hybridized carbons (Fsp3) is 0.227. The molecule has 6 nitrogen and oxygen atoms in total. The van der Waals surface area contributed by atoms with Crippen LogP contribution in [0, 0.1) is 0 Å². The van der Waals surface area contributed by atoms with Crippen LogP contribution in [-0.4, -0.2) is 31.1 Å². The minimum Gasteiger partial charge on any atom is -0.508 e. The van der Waals surface area contributed by atoms with Gasteiger partial charge < -0.3 is 23.7 Å². The van der Waals surface area contributed by atoms with Crippen LogP contribution in [0.2, 0.25) is 0 Å². The van der Waals surface area contributed by atoms with Crippen molar-refractivity contribution in [3.8, 4) is 11.5 Å². The van der Waals surface area contributed by atoms with Crippen LogP contribution in [0.1, 0.15) is 18.1 Å². The number of ether oxygens (including phenoxy) is 3. The lowest BCUT2D eigenvalue weighted by molar-refractivity contribution is -0.137. The van der Waals surface area contributed by atoms with Crippen molar-refractivity contribution in [3.05, 3.63) is 65.9 Å². The van der Waals surface area contributed by atoms with Gasteiger partial charge in [-0.1, -0.05) is 12.1 Å². The van der Waals surface area contributed by atoms with Crippen LogP contribution in [0.5, 0.6) is 11.5 Å². The Bertz CT molecular complexity index is 939. The van der Waals surface area contributed by atoms with E-state index in [1.807, 2.05) is 25.1 Å². The van der Waals surface area contributed by atoms with Gasteiger partial charge in [-0.05, 0) is 54.5 Å². The van der Waals surface area contributed by atoms with E-state index in [4.69, 9.17) is 18.6 Å². The molecule has 0 saturated heterocycles. The number of rotatable bonds is 9. The first-order valence-electron chi connectivity index (χ1n) is 9.00. The topological polar surface area (TPSA) is 78.1 Å². The van der Waals surface area contributed by atoms with E-state index in [2.05, 4.69) is 0 Å². The van der Waals surface area contributed by atoms with Gasteiger partial charge in [0.25, 0.3) is 0 Å². The standard InChI is InChI=1S/C22H22O6/c1-2-25-15-28-21-14-17(13-20-19(21)10-12-26-20)5-8-22(24)27-11-9-16-3-6-18(23)7-4-16/h3-8,10,12-14,23H,2,9,11,15H2,1H3/b8-5+.